The van der Waals surface area contributed by atoms with Crippen molar-refractivity contribution in [1.29, 1.82) is 0 Å². The van der Waals surface area contributed by atoms with Crippen molar-refractivity contribution in [3.8, 4) is 17.2 Å². The van der Waals surface area contributed by atoms with Gasteiger partial charge in [0.1, 0.15) is 19.0 Å². The van der Waals surface area contributed by atoms with Gasteiger partial charge < -0.3 is 19.0 Å². The summed E-state index contributed by atoms with van der Waals surface area (Å²) in [6.07, 6.45) is 0. The van der Waals surface area contributed by atoms with Crippen molar-refractivity contribution in [1.82, 2.24) is 10.2 Å². The zero-order valence-electron chi connectivity index (χ0n) is 10.5. The molecule has 0 saturated heterocycles. The van der Waals surface area contributed by atoms with Gasteiger partial charge in [-0.15, -0.1) is 10.2 Å². The predicted octanol–water partition coefficient (Wildman–Crippen LogP) is 1.94. The highest BCUT2D eigenvalue weighted by atomic mass is 19.3. The average molecular weight is 300 g/mol. The van der Waals surface area contributed by atoms with E-state index in [0.717, 1.165) is 0 Å². The number of aliphatic carboxylic acids is 1. The Balaban J connectivity index is 2.12. The smallest absolute Gasteiger partial charge is 0.387 e. The fourth-order valence-corrected chi connectivity index (χ4v) is 1.49. The van der Waals surface area contributed by atoms with Crippen molar-refractivity contribution in [2.75, 3.05) is 6.61 Å². The van der Waals surface area contributed by atoms with Gasteiger partial charge in [-0.2, -0.15) is 8.78 Å². The maximum Gasteiger partial charge on any atom is 0.387 e. The van der Waals surface area contributed by atoms with Gasteiger partial charge in [-0.05, 0) is 12.1 Å². The number of carboxylic acid groups (broad SMARTS) is 1. The molecule has 0 fully saturated rings. The SMILES string of the molecule is O=C(O)COCc1nnc(-c2ccccc2OC(F)F)o1. The van der Waals surface area contributed by atoms with Crippen LogP contribution in [-0.4, -0.2) is 34.5 Å². The molecule has 0 amide bonds. The lowest BCUT2D eigenvalue weighted by Crippen LogP contribution is -2.06. The molecule has 0 unspecified atom stereocenters. The summed E-state index contributed by atoms with van der Waals surface area (Å²) >= 11 is 0. The standard InChI is InChI=1S/C12H10F2N2O5/c13-12(14)20-8-4-2-1-3-7(8)11-16-15-9(21-11)5-19-6-10(17)18/h1-4,12H,5-6H2,(H,17,18). The minimum atomic E-state index is -2.98. The van der Waals surface area contributed by atoms with Gasteiger partial charge in [-0.1, -0.05) is 12.1 Å². The lowest BCUT2D eigenvalue weighted by Gasteiger charge is -2.07. The van der Waals surface area contributed by atoms with E-state index in [-0.39, 0.29) is 29.7 Å². The molecule has 1 N–H and O–H groups in total. The molecule has 9 heteroatoms. The second kappa shape index (κ2) is 6.75. The highest BCUT2D eigenvalue weighted by Gasteiger charge is 2.16. The quantitative estimate of drug-likeness (QED) is 0.834. The van der Waals surface area contributed by atoms with Crippen LogP contribution in [0.4, 0.5) is 8.78 Å². The number of carboxylic acids is 1. The van der Waals surface area contributed by atoms with Crippen molar-refractivity contribution in [3.05, 3.63) is 30.2 Å². The third-order valence-electron chi connectivity index (χ3n) is 2.25. The van der Waals surface area contributed by atoms with Gasteiger partial charge in [-0.3, -0.25) is 0 Å². The summed E-state index contributed by atoms with van der Waals surface area (Å²) < 4.78 is 38.9. The number of alkyl halides is 2. The first-order valence-electron chi connectivity index (χ1n) is 5.72. The highest BCUT2D eigenvalue weighted by molar-refractivity contribution is 5.68. The molecule has 0 spiro atoms. The van der Waals surface area contributed by atoms with Crippen molar-refractivity contribution >= 4 is 5.97 Å². The second-order valence-corrected chi connectivity index (χ2v) is 3.76. The minimum absolute atomic E-state index is 0.0260. The van der Waals surface area contributed by atoms with Crippen LogP contribution in [0.25, 0.3) is 11.5 Å². The first kappa shape index (κ1) is 14.9. The summed E-state index contributed by atoms with van der Waals surface area (Å²) in [4.78, 5) is 10.3. The lowest BCUT2D eigenvalue weighted by molar-refractivity contribution is -0.142. The number of nitrogens with zero attached hydrogens (tertiary/aromatic N) is 2. The molecule has 0 aliphatic rings. The van der Waals surface area contributed by atoms with Gasteiger partial charge in [0.15, 0.2) is 0 Å². The molecular weight excluding hydrogens is 290 g/mol. The van der Waals surface area contributed by atoms with E-state index in [1.165, 1.54) is 18.2 Å². The molecule has 2 aromatic rings. The fourth-order valence-electron chi connectivity index (χ4n) is 1.49. The largest absolute Gasteiger partial charge is 0.480 e. The van der Waals surface area contributed by atoms with Gasteiger partial charge in [0.2, 0.25) is 5.89 Å². The summed E-state index contributed by atoms with van der Waals surface area (Å²) in [6.45, 7) is -3.69. The van der Waals surface area contributed by atoms with Crippen LogP contribution in [0.5, 0.6) is 5.75 Å². The van der Waals surface area contributed by atoms with E-state index < -0.39 is 19.2 Å². The van der Waals surface area contributed by atoms with Crippen molar-refractivity contribution in [2.45, 2.75) is 13.2 Å². The van der Waals surface area contributed by atoms with Crippen LogP contribution in [0.2, 0.25) is 0 Å². The van der Waals surface area contributed by atoms with E-state index in [0.29, 0.717) is 0 Å². The number of halogens is 2. The number of aromatic nitrogens is 2. The Bertz CT molecular complexity index is 617. The van der Waals surface area contributed by atoms with Crippen molar-refractivity contribution in [3.63, 3.8) is 0 Å². The van der Waals surface area contributed by atoms with Crippen LogP contribution in [0, 0.1) is 0 Å². The Labute approximate surface area is 117 Å². The molecule has 112 valence electrons. The minimum Gasteiger partial charge on any atom is -0.480 e. The van der Waals surface area contributed by atoms with E-state index in [2.05, 4.69) is 14.9 Å². The normalized spacial score (nSPS) is 10.8. The van der Waals surface area contributed by atoms with Crippen LogP contribution in [0.3, 0.4) is 0 Å². The fraction of sp³-hybridized carbons (Fsp3) is 0.250. The Morgan fingerprint density at radius 2 is 2.10 bits per heavy atom. The van der Waals surface area contributed by atoms with Crippen LogP contribution in [-0.2, 0) is 16.1 Å². The molecule has 2 rings (SSSR count). The topological polar surface area (TPSA) is 94.7 Å². The van der Waals surface area contributed by atoms with Gasteiger partial charge in [0.05, 0.1) is 5.56 Å². The first-order valence-corrected chi connectivity index (χ1v) is 5.72. The number of para-hydroxylation sites is 1. The van der Waals surface area contributed by atoms with Crippen LogP contribution < -0.4 is 4.74 Å². The Hall–Kier alpha value is -2.55. The Kier molecular flexibility index (Phi) is 4.77. The molecule has 0 atom stereocenters. The Morgan fingerprint density at radius 1 is 1.33 bits per heavy atom. The molecule has 0 saturated carbocycles. The molecule has 7 nitrogen and oxygen atoms in total. The summed E-state index contributed by atoms with van der Waals surface area (Å²) in [5.41, 5.74) is 0.204. The number of benzene rings is 1. The lowest BCUT2D eigenvalue weighted by atomic mass is 10.2. The summed E-state index contributed by atoms with van der Waals surface area (Å²) in [5, 5.41) is 15.7. The van der Waals surface area contributed by atoms with E-state index in [4.69, 9.17) is 14.3 Å². The molecule has 0 bridgehead atoms. The monoisotopic (exact) mass is 300 g/mol. The molecule has 0 radical (unpaired) electrons. The van der Waals surface area contributed by atoms with Crippen LogP contribution in [0.15, 0.2) is 28.7 Å². The van der Waals surface area contributed by atoms with E-state index in [9.17, 15) is 13.6 Å². The number of hydrogen-bond donors (Lipinski definition) is 1. The molecule has 1 aromatic carbocycles. The predicted molar refractivity (Wildman–Crippen MR) is 63.7 cm³/mol. The molecule has 0 aliphatic heterocycles. The number of hydrogen-bond acceptors (Lipinski definition) is 6. The summed E-state index contributed by atoms with van der Waals surface area (Å²) in [7, 11) is 0. The summed E-state index contributed by atoms with van der Waals surface area (Å²) in [6, 6.07) is 5.94. The van der Waals surface area contributed by atoms with Gasteiger partial charge in [0.25, 0.3) is 5.89 Å². The maximum absolute atomic E-state index is 12.3. The maximum atomic E-state index is 12.3. The number of carbonyl (C=O) groups is 1. The average Bonchev–Trinajstić information content (AvgIpc) is 2.87. The Morgan fingerprint density at radius 3 is 2.81 bits per heavy atom. The first-order chi connectivity index (χ1) is 10.1. The zero-order valence-corrected chi connectivity index (χ0v) is 10.5. The van der Waals surface area contributed by atoms with E-state index in [1.807, 2.05) is 0 Å². The summed E-state index contributed by atoms with van der Waals surface area (Å²) in [5.74, 6) is -1.24. The van der Waals surface area contributed by atoms with Crippen molar-refractivity contribution < 1.29 is 32.6 Å². The number of rotatable bonds is 7. The molecule has 1 aromatic heterocycles. The molecule has 0 aliphatic carbocycles. The van der Waals surface area contributed by atoms with Gasteiger partial charge in [0, 0.05) is 0 Å². The van der Waals surface area contributed by atoms with Crippen LogP contribution >= 0.6 is 0 Å². The highest BCUT2D eigenvalue weighted by Crippen LogP contribution is 2.29. The number of ether oxygens (including phenoxy) is 2. The van der Waals surface area contributed by atoms with Gasteiger partial charge >= 0.3 is 12.6 Å². The zero-order chi connectivity index (χ0) is 15.2. The van der Waals surface area contributed by atoms with E-state index in [1.54, 1.807) is 6.07 Å². The molecule has 21 heavy (non-hydrogen) atoms. The van der Waals surface area contributed by atoms with Crippen molar-refractivity contribution in [2.24, 2.45) is 0 Å². The third kappa shape index (κ3) is 4.21. The molecular formula is C12H10F2N2O5. The van der Waals surface area contributed by atoms with Gasteiger partial charge in [-0.25, -0.2) is 4.79 Å². The van der Waals surface area contributed by atoms with E-state index >= 15 is 0 Å². The third-order valence-corrected chi connectivity index (χ3v) is 2.25. The van der Waals surface area contributed by atoms with Crippen LogP contribution in [0.1, 0.15) is 5.89 Å². The second-order valence-electron chi connectivity index (χ2n) is 3.76. The molecule has 1 heterocycles.